The van der Waals surface area contributed by atoms with E-state index in [-0.39, 0.29) is 0 Å². The van der Waals surface area contributed by atoms with Crippen LogP contribution < -0.4 is 5.32 Å². The summed E-state index contributed by atoms with van der Waals surface area (Å²) in [5.41, 5.74) is 2.78. The summed E-state index contributed by atoms with van der Waals surface area (Å²) >= 11 is 0. The molecular weight excluding hydrogens is 246 g/mol. The van der Waals surface area contributed by atoms with Crippen molar-refractivity contribution in [1.82, 2.24) is 5.32 Å². The molecule has 0 radical (unpaired) electrons. The predicted octanol–water partition coefficient (Wildman–Crippen LogP) is 4.13. The van der Waals surface area contributed by atoms with Crippen LogP contribution in [0.3, 0.4) is 0 Å². The van der Waals surface area contributed by atoms with Crippen LogP contribution in [-0.4, -0.2) is 19.3 Å². The van der Waals surface area contributed by atoms with E-state index in [1.165, 1.54) is 11.1 Å². The zero-order valence-electron chi connectivity index (χ0n) is 13.7. The Morgan fingerprint density at radius 3 is 1.90 bits per heavy atom. The minimum atomic E-state index is 0.308. The predicted molar refractivity (Wildman–Crippen MR) is 85.0 cm³/mol. The van der Waals surface area contributed by atoms with E-state index in [2.05, 4.69) is 71.2 Å². The van der Waals surface area contributed by atoms with Gasteiger partial charge in [-0.05, 0) is 43.9 Å². The van der Waals surface area contributed by atoms with E-state index < -0.39 is 0 Å². The van der Waals surface area contributed by atoms with E-state index in [0.29, 0.717) is 36.0 Å². The van der Waals surface area contributed by atoms with E-state index in [9.17, 15) is 0 Å². The summed E-state index contributed by atoms with van der Waals surface area (Å²) in [6, 6.07) is 9.45. The maximum atomic E-state index is 6.01. The highest BCUT2D eigenvalue weighted by molar-refractivity contribution is 5.28. The molecule has 112 valence electrons. The van der Waals surface area contributed by atoms with E-state index in [1.807, 2.05) is 0 Å². The van der Waals surface area contributed by atoms with Gasteiger partial charge in [0, 0.05) is 12.0 Å². The molecule has 1 aromatic carbocycles. The minimum Gasteiger partial charge on any atom is -0.375 e. The van der Waals surface area contributed by atoms with Crippen molar-refractivity contribution in [3.63, 3.8) is 0 Å². The van der Waals surface area contributed by atoms with Crippen LogP contribution in [0, 0.1) is 11.8 Å². The van der Waals surface area contributed by atoms with Gasteiger partial charge in [-0.25, -0.2) is 0 Å². The van der Waals surface area contributed by atoms with E-state index in [4.69, 9.17) is 4.74 Å². The lowest BCUT2D eigenvalue weighted by atomic mass is 9.80. The SMILES string of the molecule is CNC(c1ccc(C(C)C)cc1)C1C(C)OC(C)C1C. The highest BCUT2D eigenvalue weighted by Crippen LogP contribution is 2.40. The second kappa shape index (κ2) is 6.28. The lowest BCUT2D eigenvalue weighted by Gasteiger charge is -2.29. The van der Waals surface area contributed by atoms with Crippen LogP contribution in [0.15, 0.2) is 24.3 Å². The molecule has 1 N–H and O–H groups in total. The van der Waals surface area contributed by atoms with Gasteiger partial charge < -0.3 is 10.1 Å². The molecule has 0 saturated carbocycles. The first-order valence-corrected chi connectivity index (χ1v) is 7.88. The number of hydrogen-bond acceptors (Lipinski definition) is 2. The van der Waals surface area contributed by atoms with Crippen molar-refractivity contribution in [2.75, 3.05) is 7.05 Å². The Labute approximate surface area is 123 Å². The van der Waals surface area contributed by atoms with Crippen LogP contribution >= 0.6 is 0 Å². The summed E-state index contributed by atoms with van der Waals surface area (Å²) in [7, 11) is 2.06. The Balaban J connectivity index is 2.23. The number of ether oxygens (including phenoxy) is 1. The molecule has 2 rings (SSSR count). The van der Waals surface area contributed by atoms with Gasteiger partial charge in [0.1, 0.15) is 0 Å². The van der Waals surface area contributed by atoms with E-state index in [1.54, 1.807) is 0 Å². The summed E-state index contributed by atoms with van der Waals surface area (Å²) in [6.07, 6.45) is 0.656. The maximum absolute atomic E-state index is 6.01. The van der Waals surface area contributed by atoms with Gasteiger partial charge in [0.2, 0.25) is 0 Å². The average molecular weight is 275 g/mol. The molecule has 0 spiro atoms. The fourth-order valence-corrected chi connectivity index (χ4v) is 3.54. The number of rotatable bonds is 4. The van der Waals surface area contributed by atoms with Gasteiger partial charge in [-0.2, -0.15) is 0 Å². The first kappa shape index (κ1) is 15.5. The normalized spacial score (nSPS) is 31.8. The molecule has 1 aromatic rings. The molecule has 5 unspecified atom stereocenters. The Kier molecular flexibility index (Phi) is 4.87. The number of benzene rings is 1. The minimum absolute atomic E-state index is 0.308. The molecule has 1 heterocycles. The van der Waals surface area contributed by atoms with Crippen molar-refractivity contribution in [3.05, 3.63) is 35.4 Å². The quantitative estimate of drug-likeness (QED) is 0.892. The Morgan fingerprint density at radius 1 is 0.950 bits per heavy atom. The smallest absolute Gasteiger partial charge is 0.0600 e. The second-order valence-electron chi connectivity index (χ2n) is 6.57. The lowest BCUT2D eigenvalue weighted by molar-refractivity contribution is 0.0478. The third-order valence-corrected chi connectivity index (χ3v) is 4.98. The Bertz CT molecular complexity index is 426. The van der Waals surface area contributed by atoms with Crippen molar-refractivity contribution in [2.45, 2.75) is 58.8 Å². The van der Waals surface area contributed by atoms with Gasteiger partial charge in [-0.15, -0.1) is 0 Å². The molecule has 0 aliphatic carbocycles. The van der Waals surface area contributed by atoms with E-state index >= 15 is 0 Å². The molecule has 1 saturated heterocycles. The van der Waals surface area contributed by atoms with Gasteiger partial charge in [0.05, 0.1) is 12.2 Å². The number of hydrogen-bond donors (Lipinski definition) is 1. The average Bonchev–Trinajstić information content (AvgIpc) is 2.67. The number of nitrogens with one attached hydrogen (secondary N) is 1. The lowest BCUT2D eigenvalue weighted by Crippen LogP contribution is -2.33. The zero-order chi connectivity index (χ0) is 14.9. The highest BCUT2D eigenvalue weighted by atomic mass is 16.5. The van der Waals surface area contributed by atoms with Crippen LogP contribution in [0.1, 0.15) is 57.7 Å². The summed E-state index contributed by atoms with van der Waals surface area (Å²) in [6.45, 7) is 11.2. The molecule has 1 aliphatic rings. The van der Waals surface area contributed by atoms with Crippen LogP contribution in [0.2, 0.25) is 0 Å². The molecule has 20 heavy (non-hydrogen) atoms. The van der Waals surface area contributed by atoms with Crippen molar-refractivity contribution < 1.29 is 4.74 Å². The molecular formula is C18H29NO. The summed E-state index contributed by atoms with van der Waals surface area (Å²) in [5, 5.41) is 3.51. The standard InChI is InChI=1S/C18H29NO/c1-11(2)15-7-9-16(10-8-15)18(19-6)17-12(3)13(4)20-14(17)5/h7-14,17-19H,1-6H3. The Morgan fingerprint density at radius 2 is 1.50 bits per heavy atom. The van der Waals surface area contributed by atoms with Gasteiger partial charge in [0.25, 0.3) is 0 Å². The topological polar surface area (TPSA) is 21.3 Å². The molecule has 2 nitrogen and oxygen atoms in total. The fourth-order valence-electron chi connectivity index (χ4n) is 3.54. The van der Waals surface area contributed by atoms with E-state index in [0.717, 1.165) is 0 Å². The van der Waals surface area contributed by atoms with Gasteiger partial charge in [-0.3, -0.25) is 0 Å². The molecule has 2 heteroatoms. The van der Waals surface area contributed by atoms with Crippen molar-refractivity contribution in [2.24, 2.45) is 11.8 Å². The van der Waals surface area contributed by atoms with Gasteiger partial charge in [0.15, 0.2) is 0 Å². The molecule has 0 bridgehead atoms. The molecule has 1 aliphatic heterocycles. The van der Waals surface area contributed by atoms with Crippen LogP contribution in [-0.2, 0) is 4.74 Å². The largest absolute Gasteiger partial charge is 0.375 e. The summed E-state index contributed by atoms with van der Waals surface area (Å²) in [4.78, 5) is 0. The van der Waals surface area contributed by atoms with Crippen LogP contribution in [0.5, 0.6) is 0 Å². The van der Waals surface area contributed by atoms with Crippen molar-refractivity contribution in [3.8, 4) is 0 Å². The van der Waals surface area contributed by atoms with Gasteiger partial charge in [-0.1, -0.05) is 45.0 Å². The van der Waals surface area contributed by atoms with Crippen molar-refractivity contribution >= 4 is 0 Å². The second-order valence-corrected chi connectivity index (χ2v) is 6.57. The molecule has 0 aromatic heterocycles. The molecule has 1 fully saturated rings. The zero-order valence-corrected chi connectivity index (χ0v) is 13.7. The highest BCUT2D eigenvalue weighted by Gasteiger charge is 2.41. The van der Waals surface area contributed by atoms with Crippen molar-refractivity contribution in [1.29, 1.82) is 0 Å². The molecule has 5 atom stereocenters. The van der Waals surface area contributed by atoms with Crippen LogP contribution in [0.4, 0.5) is 0 Å². The summed E-state index contributed by atoms with van der Waals surface area (Å²) < 4.78 is 6.01. The van der Waals surface area contributed by atoms with Gasteiger partial charge >= 0.3 is 0 Å². The Hall–Kier alpha value is -0.860. The molecule has 0 amide bonds. The summed E-state index contributed by atoms with van der Waals surface area (Å²) in [5.74, 6) is 1.69. The first-order chi connectivity index (χ1) is 9.45. The fraction of sp³-hybridized carbons (Fsp3) is 0.667. The third kappa shape index (κ3) is 2.91. The van der Waals surface area contributed by atoms with Crippen LogP contribution in [0.25, 0.3) is 0 Å². The maximum Gasteiger partial charge on any atom is 0.0600 e. The third-order valence-electron chi connectivity index (χ3n) is 4.98. The monoisotopic (exact) mass is 275 g/mol. The first-order valence-electron chi connectivity index (χ1n) is 7.88.